The summed E-state index contributed by atoms with van der Waals surface area (Å²) < 4.78 is 6.27. The van der Waals surface area contributed by atoms with E-state index in [1.54, 1.807) is 0 Å². The number of hydrogen-bond donors (Lipinski definition) is 0. The van der Waals surface area contributed by atoms with Crippen molar-refractivity contribution in [2.24, 2.45) is 0 Å². The molecule has 0 N–H and O–H groups in total. The minimum absolute atomic E-state index is 0.660. The molecule has 0 aliphatic rings. The van der Waals surface area contributed by atoms with E-state index in [4.69, 9.17) is 9.72 Å². The molecule has 0 saturated heterocycles. The van der Waals surface area contributed by atoms with Gasteiger partial charge in [-0.1, -0.05) is 31.0 Å². The lowest BCUT2D eigenvalue weighted by Crippen LogP contribution is -2.26. The summed E-state index contributed by atoms with van der Waals surface area (Å²) in [6, 6.07) is 4.29. The predicted octanol–water partition coefficient (Wildman–Crippen LogP) is 5.44. The first kappa shape index (κ1) is 19.2. The molecule has 1 heterocycles. The van der Waals surface area contributed by atoms with Crippen LogP contribution in [0.3, 0.4) is 0 Å². The molecule has 136 valence electrons. The van der Waals surface area contributed by atoms with Crippen molar-refractivity contribution in [1.29, 1.82) is 0 Å². The molecule has 0 amide bonds. The van der Waals surface area contributed by atoms with E-state index in [0.717, 1.165) is 53.6 Å². The van der Waals surface area contributed by atoms with E-state index in [9.17, 15) is 0 Å². The second kappa shape index (κ2) is 8.32. The number of hydrogen-bond acceptors (Lipinski definition) is 4. The van der Waals surface area contributed by atoms with E-state index in [0.29, 0.717) is 5.88 Å². The van der Waals surface area contributed by atoms with Crippen LogP contribution in [0.15, 0.2) is 12.1 Å². The summed E-state index contributed by atoms with van der Waals surface area (Å²) in [5.74, 6) is 3.29. The predicted molar refractivity (Wildman–Crippen MR) is 105 cm³/mol. The number of rotatable bonds is 7. The summed E-state index contributed by atoms with van der Waals surface area (Å²) in [5.41, 5.74) is 4.51. The van der Waals surface area contributed by atoms with Gasteiger partial charge in [0.1, 0.15) is 17.4 Å². The second-order valence-electron chi connectivity index (χ2n) is 6.79. The van der Waals surface area contributed by atoms with Gasteiger partial charge in [-0.2, -0.15) is 4.98 Å². The lowest BCUT2D eigenvalue weighted by molar-refractivity contribution is 0.448. The molecule has 0 unspecified atom stereocenters. The molecule has 0 saturated carbocycles. The van der Waals surface area contributed by atoms with E-state index >= 15 is 0 Å². The van der Waals surface area contributed by atoms with Gasteiger partial charge in [0.2, 0.25) is 5.88 Å². The summed E-state index contributed by atoms with van der Waals surface area (Å²) in [6.45, 7) is 16.6. The molecule has 0 spiro atoms. The van der Waals surface area contributed by atoms with Gasteiger partial charge in [-0.05, 0) is 59.1 Å². The SMILES string of the molecule is CCCCN(CC)c1nc(C)nc(Oc2c(C)cc(C)cc2C)c1C. The average molecular weight is 341 g/mol. The maximum Gasteiger partial charge on any atom is 0.227 e. The Balaban J connectivity index is 2.43. The van der Waals surface area contributed by atoms with Crippen LogP contribution >= 0.6 is 0 Å². The van der Waals surface area contributed by atoms with Crippen molar-refractivity contribution in [3.05, 3.63) is 40.2 Å². The van der Waals surface area contributed by atoms with Gasteiger partial charge < -0.3 is 9.64 Å². The van der Waals surface area contributed by atoms with Crippen molar-refractivity contribution in [2.75, 3.05) is 18.0 Å². The Hall–Kier alpha value is -2.10. The zero-order valence-electron chi connectivity index (χ0n) is 16.7. The molecule has 4 heteroatoms. The van der Waals surface area contributed by atoms with Gasteiger partial charge in [0.25, 0.3) is 0 Å². The Bertz CT molecular complexity index is 717. The van der Waals surface area contributed by atoms with E-state index in [1.807, 2.05) is 6.92 Å². The highest BCUT2D eigenvalue weighted by Crippen LogP contribution is 2.33. The highest BCUT2D eigenvalue weighted by atomic mass is 16.5. The standard InChI is InChI=1S/C21H31N3O/c1-8-10-11-24(9-2)20-17(6)21(23-18(7)22-20)25-19-15(4)12-14(3)13-16(19)5/h12-13H,8-11H2,1-7H3. The molecule has 0 aliphatic heterocycles. The highest BCUT2D eigenvalue weighted by Gasteiger charge is 2.17. The first-order valence-electron chi connectivity index (χ1n) is 9.23. The maximum atomic E-state index is 6.27. The van der Waals surface area contributed by atoms with Crippen molar-refractivity contribution in [2.45, 2.75) is 61.3 Å². The largest absolute Gasteiger partial charge is 0.438 e. The van der Waals surface area contributed by atoms with E-state index in [2.05, 4.69) is 63.6 Å². The molecule has 0 aliphatic carbocycles. The monoisotopic (exact) mass is 341 g/mol. The lowest BCUT2D eigenvalue weighted by atomic mass is 10.1. The number of aromatic nitrogens is 2. The van der Waals surface area contributed by atoms with Crippen LogP contribution < -0.4 is 9.64 Å². The van der Waals surface area contributed by atoms with Crippen LogP contribution in [0.1, 0.15) is 54.8 Å². The molecule has 4 nitrogen and oxygen atoms in total. The summed E-state index contributed by atoms with van der Waals surface area (Å²) in [7, 11) is 0. The molecule has 1 aromatic heterocycles. The fraction of sp³-hybridized carbons (Fsp3) is 0.524. The third-order valence-corrected chi connectivity index (χ3v) is 4.45. The number of nitrogens with zero attached hydrogens (tertiary/aromatic N) is 3. The molecule has 2 aromatic rings. The minimum Gasteiger partial charge on any atom is -0.438 e. The summed E-state index contributed by atoms with van der Waals surface area (Å²) >= 11 is 0. The summed E-state index contributed by atoms with van der Waals surface area (Å²) in [5, 5.41) is 0. The zero-order valence-corrected chi connectivity index (χ0v) is 16.7. The van der Waals surface area contributed by atoms with Gasteiger partial charge >= 0.3 is 0 Å². The zero-order chi connectivity index (χ0) is 18.6. The highest BCUT2D eigenvalue weighted by molar-refractivity contribution is 5.53. The van der Waals surface area contributed by atoms with E-state index in [1.165, 1.54) is 12.0 Å². The second-order valence-corrected chi connectivity index (χ2v) is 6.79. The fourth-order valence-corrected chi connectivity index (χ4v) is 3.18. The fourth-order valence-electron chi connectivity index (χ4n) is 3.18. The van der Waals surface area contributed by atoms with Crippen molar-refractivity contribution in [1.82, 2.24) is 9.97 Å². The Labute approximate surface area is 152 Å². The van der Waals surface area contributed by atoms with Crippen LogP contribution in [0.25, 0.3) is 0 Å². The number of ether oxygens (including phenoxy) is 1. The Kier molecular flexibility index (Phi) is 6.40. The quantitative estimate of drug-likeness (QED) is 0.672. The number of unbranched alkanes of at least 4 members (excludes halogenated alkanes) is 1. The topological polar surface area (TPSA) is 38.2 Å². The molecule has 0 atom stereocenters. The van der Waals surface area contributed by atoms with Crippen molar-refractivity contribution < 1.29 is 4.74 Å². The summed E-state index contributed by atoms with van der Waals surface area (Å²) in [6.07, 6.45) is 2.33. The first-order chi connectivity index (χ1) is 11.9. The first-order valence-corrected chi connectivity index (χ1v) is 9.23. The normalized spacial score (nSPS) is 10.8. The van der Waals surface area contributed by atoms with Gasteiger partial charge in [0, 0.05) is 13.1 Å². The molecular weight excluding hydrogens is 310 g/mol. The van der Waals surface area contributed by atoms with Gasteiger partial charge in [-0.3, -0.25) is 0 Å². The molecule has 0 fully saturated rings. The van der Waals surface area contributed by atoms with Crippen LogP contribution in [0.4, 0.5) is 5.82 Å². The van der Waals surface area contributed by atoms with E-state index < -0.39 is 0 Å². The van der Waals surface area contributed by atoms with Gasteiger partial charge in [-0.15, -0.1) is 0 Å². The smallest absolute Gasteiger partial charge is 0.227 e. The van der Waals surface area contributed by atoms with Crippen molar-refractivity contribution in [3.63, 3.8) is 0 Å². The molecule has 0 radical (unpaired) electrons. The Morgan fingerprint density at radius 1 is 0.960 bits per heavy atom. The van der Waals surface area contributed by atoms with Crippen LogP contribution in [0.5, 0.6) is 11.6 Å². The maximum absolute atomic E-state index is 6.27. The molecule has 2 rings (SSSR count). The lowest BCUT2D eigenvalue weighted by Gasteiger charge is -2.25. The Morgan fingerprint density at radius 2 is 1.60 bits per heavy atom. The summed E-state index contributed by atoms with van der Waals surface area (Å²) in [4.78, 5) is 11.6. The molecular formula is C21H31N3O. The molecule has 0 bridgehead atoms. The van der Waals surface area contributed by atoms with Crippen molar-refractivity contribution >= 4 is 5.82 Å². The molecule has 25 heavy (non-hydrogen) atoms. The van der Waals surface area contributed by atoms with Crippen LogP contribution in [0, 0.1) is 34.6 Å². The van der Waals surface area contributed by atoms with Crippen molar-refractivity contribution in [3.8, 4) is 11.6 Å². The number of anilines is 1. The minimum atomic E-state index is 0.660. The number of benzene rings is 1. The third-order valence-electron chi connectivity index (χ3n) is 4.45. The van der Waals surface area contributed by atoms with Crippen LogP contribution in [-0.2, 0) is 0 Å². The van der Waals surface area contributed by atoms with Gasteiger partial charge in [0.05, 0.1) is 5.56 Å². The van der Waals surface area contributed by atoms with Crippen LogP contribution in [-0.4, -0.2) is 23.1 Å². The molecule has 1 aromatic carbocycles. The van der Waals surface area contributed by atoms with E-state index in [-0.39, 0.29) is 0 Å². The third kappa shape index (κ3) is 4.50. The average Bonchev–Trinajstić information content (AvgIpc) is 2.55. The van der Waals surface area contributed by atoms with Crippen LogP contribution in [0.2, 0.25) is 0 Å². The van der Waals surface area contributed by atoms with Gasteiger partial charge in [-0.25, -0.2) is 4.98 Å². The number of aryl methyl sites for hydroxylation is 4. The van der Waals surface area contributed by atoms with Gasteiger partial charge in [0.15, 0.2) is 0 Å². The Morgan fingerprint density at radius 3 is 2.16 bits per heavy atom.